The number of nitrogens with one attached hydrogen (secondary N) is 1. The van der Waals surface area contributed by atoms with Gasteiger partial charge in [-0.2, -0.15) is 0 Å². The van der Waals surface area contributed by atoms with Crippen molar-refractivity contribution in [3.05, 3.63) is 59.4 Å². The highest BCUT2D eigenvalue weighted by atomic mass is 35.5. The van der Waals surface area contributed by atoms with E-state index in [1.165, 1.54) is 0 Å². The zero-order chi connectivity index (χ0) is 13.0. The van der Waals surface area contributed by atoms with Crippen molar-refractivity contribution < 1.29 is 0 Å². The molecule has 1 aromatic heterocycles. The highest BCUT2D eigenvalue weighted by Gasteiger charge is 2.25. The summed E-state index contributed by atoms with van der Waals surface area (Å²) in [5.41, 5.74) is 7.52. The van der Waals surface area contributed by atoms with Crippen LogP contribution in [0.5, 0.6) is 0 Å². The molecular formula is C14H16ClN3. The maximum absolute atomic E-state index is 6.11. The Labute approximate surface area is 112 Å². The van der Waals surface area contributed by atoms with E-state index in [0.29, 0.717) is 11.6 Å². The van der Waals surface area contributed by atoms with Gasteiger partial charge < -0.3 is 11.1 Å². The number of nitrogens with zero attached hydrogens (tertiary/aromatic N) is 1. The maximum Gasteiger partial charge on any atom is 0.0820 e. The molecule has 18 heavy (non-hydrogen) atoms. The van der Waals surface area contributed by atoms with Crippen molar-refractivity contribution in [3.8, 4) is 0 Å². The number of hydrogen-bond donors (Lipinski definition) is 2. The zero-order valence-electron chi connectivity index (χ0n) is 10.2. The molecule has 0 bridgehead atoms. The lowest BCUT2D eigenvalue weighted by Crippen LogP contribution is -2.39. The average molecular weight is 262 g/mol. The van der Waals surface area contributed by atoms with E-state index in [1.54, 1.807) is 12.4 Å². The Balaban J connectivity index is 2.32. The molecule has 0 aliphatic rings. The second-order valence-electron chi connectivity index (χ2n) is 4.38. The van der Waals surface area contributed by atoms with Crippen molar-refractivity contribution in [3.63, 3.8) is 0 Å². The largest absolute Gasteiger partial charge is 0.373 e. The first-order valence-electron chi connectivity index (χ1n) is 5.79. The van der Waals surface area contributed by atoms with E-state index in [4.69, 9.17) is 17.3 Å². The van der Waals surface area contributed by atoms with Crippen LogP contribution in [-0.4, -0.2) is 11.5 Å². The van der Waals surface area contributed by atoms with E-state index in [-0.39, 0.29) is 5.54 Å². The fourth-order valence-electron chi connectivity index (χ4n) is 1.82. The molecule has 4 heteroatoms. The molecule has 1 heterocycles. The third-order valence-corrected chi connectivity index (χ3v) is 3.30. The van der Waals surface area contributed by atoms with Gasteiger partial charge in [0, 0.05) is 18.9 Å². The van der Waals surface area contributed by atoms with Gasteiger partial charge in [0.15, 0.2) is 0 Å². The van der Waals surface area contributed by atoms with Gasteiger partial charge >= 0.3 is 0 Å². The summed E-state index contributed by atoms with van der Waals surface area (Å²) in [5, 5.41) is 3.98. The van der Waals surface area contributed by atoms with Crippen LogP contribution >= 0.6 is 11.6 Å². The lowest BCUT2D eigenvalue weighted by atomic mass is 9.92. The average Bonchev–Trinajstić information content (AvgIpc) is 2.42. The summed E-state index contributed by atoms with van der Waals surface area (Å²) in [4.78, 5) is 3.97. The van der Waals surface area contributed by atoms with Gasteiger partial charge in [-0.3, -0.25) is 4.98 Å². The second-order valence-corrected chi connectivity index (χ2v) is 4.79. The number of aromatic nitrogens is 1. The Kier molecular flexibility index (Phi) is 3.84. The van der Waals surface area contributed by atoms with Crippen molar-refractivity contribution in [2.75, 3.05) is 11.9 Å². The second kappa shape index (κ2) is 5.38. The molecule has 0 aliphatic heterocycles. The maximum atomic E-state index is 6.11. The smallest absolute Gasteiger partial charge is 0.0820 e. The molecule has 0 amide bonds. The highest BCUT2D eigenvalue weighted by molar-refractivity contribution is 6.33. The van der Waals surface area contributed by atoms with Crippen molar-refractivity contribution in [1.82, 2.24) is 4.98 Å². The lowest BCUT2D eigenvalue weighted by Gasteiger charge is -2.31. The Morgan fingerprint density at radius 1 is 1.28 bits per heavy atom. The SMILES string of the molecule is CC(CN)(Nc1ccncc1Cl)c1ccccc1. The molecule has 1 aromatic carbocycles. The van der Waals surface area contributed by atoms with Crippen LogP contribution in [0.2, 0.25) is 5.02 Å². The van der Waals surface area contributed by atoms with E-state index < -0.39 is 0 Å². The fourth-order valence-corrected chi connectivity index (χ4v) is 1.99. The van der Waals surface area contributed by atoms with Gasteiger partial charge in [0.1, 0.15) is 0 Å². The summed E-state index contributed by atoms with van der Waals surface area (Å²) in [6.45, 7) is 2.52. The third kappa shape index (κ3) is 2.63. The number of rotatable bonds is 4. The lowest BCUT2D eigenvalue weighted by molar-refractivity contribution is 0.556. The first-order chi connectivity index (χ1) is 8.65. The molecule has 0 radical (unpaired) electrons. The van der Waals surface area contributed by atoms with E-state index in [1.807, 2.05) is 24.3 Å². The van der Waals surface area contributed by atoms with Crippen LogP contribution in [0.25, 0.3) is 0 Å². The third-order valence-electron chi connectivity index (χ3n) is 3.00. The van der Waals surface area contributed by atoms with Crippen LogP contribution in [0.4, 0.5) is 5.69 Å². The minimum atomic E-state index is -0.355. The molecule has 3 nitrogen and oxygen atoms in total. The zero-order valence-corrected chi connectivity index (χ0v) is 11.0. The van der Waals surface area contributed by atoms with Crippen molar-refractivity contribution in [2.45, 2.75) is 12.5 Å². The van der Waals surface area contributed by atoms with Crippen molar-refractivity contribution >= 4 is 17.3 Å². The predicted octanol–water partition coefficient (Wildman–Crippen LogP) is 3.02. The van der Waals surface area contributed by atoms with Gasteiger partial charge in [0.05, 0.1) is 16.2 Å². The van der Waals surface area contributed by atoms with Crippen LogP contribution < -0.4 is 11.1 Å². The topological polar surface area (TPSA) is 50.9 Å². The van der Waals surface area contributed by atoms with E-state index in [9.17, 15) is 0 Å². The fraction of sp³-hybridized carbons (Fsp3) is 0.214. The quantitative estimate of drug-likeness (QED) is 0.890. The number of benzene rings is 1. The van der Waals surface area contributed by atoms with Crippen LogP contribution in [0.1, 0.15) is 12.5 Å². The first kappa shape index (κ1) is 12.9. The van der Waals surface area contributed by atoms with Crippen LogP contribution in [0.15, 0.2) is 48.8 Å². The Morgan fingerprint density at radius 3 is 2.61 bits per heavy atom. The van der Waals surface area contributed by atoms with Crippen LogP contribution in [0, 0.1) is 0 Å². The van der Waals surface area contributed by atoms with Gasteiger partial charge in [-0.15, -0.1) is 0 Å². The molecule has 0 saturated carbocycles. The summed E-state index contributed by atoms with van der Waals surface area (Å²) in [6.07, 6.45) is 3.32. The van der Waals surface area contributed by atoms with Gasteiger partial charge in [0.25, 0.3) is 0 Å². The molecule has 0 aliphatic carbocycles. The summed E-state index contributed by atoms with van der Waals surface area (Å²) in [7, 11) is 0. The van der Waals surface area contributed by atoms with E-state index in [0.717, 1.165) is 11.3 Å². The molecule has 0 spiro atoms. The van der Waals surface area contributed by atoms with Crippen molar-refractivity contribution in [2.24, 2.45) is 5.73 Å². The van der Waals surface area contributed by atoms with Gasteiger partial charge in [-0.25, -0.2) is 0 Å². The van der Waals surface area contributed by atoms with E-state index >= 15 is 0 Å². The van der Waals surface area contributed by atoms with Gasteiger partial charge in [0.2, 0.25) is 0 Å². The highest BCUT2D eigenvalue weighted by Crippen LogP contribution is 2.28. The van der Waals surface area contributed by atoms with E-state index in [2.05, 4.69) is 29.4 Å². The first-order valence-corrected chi connectivity index (χ1v) is 6.17. The van der Waals surface area contributed by atoms with Crippen molar-refractivity contribution in [1.29, 1.82) is 0 Å². The number of hydrogen-bond acceptors (Lipinski definition) is 3. The summed E-state index contributed by atoms with van der Waals surface area (Å²) < 4.78 is 0. The minimum Gasteiger partial charge on any atom is -0.373 e. The Hall–Kier alpha value is -1.58. The summed E-state index contributed by atoms with van der Waals surface area (Å²) in [6, 6.07) is 11.9. The standard InChI is InChI=1S/C14H16ClN3/c1-14(10-16,11-5-3-2-4-6-11)18-13-7-8-17-9-12(13)15/h2-9H,10,16H2,1H3,(H,17,18). The summed E-state index contributed by atoms with van der Waals surface area (Å²) in [5.74, 6) is 0. The monoisotopic (exact) mass is 261 g/mol. The van der Waals surface area contributed by atoms with Gasteiger partial charge in [-0.05, 0) is 18.6 Å². The van der Waals surface area contributed by atoms with Gasteiger partial charge in [-0.1, -0.05) is 41.9 Å². The molecule has 3 N–H and O–H groups in total. The Bertz CT molecular complexity index is 515. The molecule has 1 unspecified atom stereocenters. The molecule has 2 rings (SSSR count). The molecule has 0 fully saturated rings. The normalized spacial score (nSPS) is 13.9. The number of anilines is 1. The number of pyridine rings is 1. The molecular weight excluding hydrogens is 246 g/mol. The predicted molar refractivity (Wildman–Crippen MR) is 75.7 cm³/mol. The molecule has 1 atom stereocenters. The molecule has 94 valence electrons. The van der Waals surface area contributed by atoms with Crippen LogP contribution in [-0.2, 0) is 5.54 Å². The Morgan fingerprint density at radius 2 is 2.00 bits per heavy atom. The minimum absolute atomic E-state index is 0.355. The number of halogens is 1. The molecule has 0 saturated heterocycles. The number of nitrogens with two attached hydrogens (primary N) is 1. The summed E-state index contributed by atoms with van der Waals surface area (Å²) >= 11 is 6.11. The molecule has 2 aromatic rings. The van der Waals surface area contributed by atoms with Crippen LogP contribution in [0.3, 0.4) is 0 Å².